The van der Waals surface area contributed by atoms with Crippen LogP contribution in [0.4, 0.5) is 0 Å². The molecule has 1 aromatic heterocycles. The number of thiol groups is 1. The number of benzene rings is 1. The van der Waals surface area contributed by atoms with Gasteiger partial charge in [-0.1, -0.05) is 6.07 Å². The van der Waals surface area contributed by atoms with Gasteiger partial charge < -0.3 is 0 Å². The van der Waals surface area contributed by atoms with E-state index in [1.165, 1.54) is 0 Å². The van der Waals surface area contributed by atoms with Crippen LogP contribution in [0.15, 0.2) is 23.0 Å². The lowest BCUT2D eigenvalue weighted by Gasteiger charge is -1.98. The lowest BCUT2D eigenvalue weighted by Crippen LogP contribution is -2.19. The quantitative estimate of drug-likeness (QED) is 0.703. The van der Waals surface area contributed by atoms with Gasteiger partial charge in [0.25, 0.3) is 0 Å². The van der Waals surface area contributed by atoms with Gasteiger partial charge in [0.05, 0.1) is 11.0 Å². The fraction of sp³-hybridized carbons (Fsp3) is 0.300. The number of imidazole rings is 1. The Morgan fingerprint density at radius 1 is 1.21 bits per heavy atom. The van der Waals surface area contributed by atoms with Crippen LogP contribution >= 0.6 is 12.6 Å². The zero-order valence-electron chi connectivity index (χ0n) is 8.19. The predicted octanol–water partition coefficient (Wildman–Crippen LogP) is 1.31. The van der Waals surface area contributed by atoms with E-state index in [9.17, 15) is 4.79 Å². The Bertz CT molecular complexity index is 539. The summed E-state index contributed by atoms with van der Waals surface area (Å²) >= 11 is 4.21. The number of aryl methyl sites for hydroxylation is 2. The monoisotopic (exact) mass is 208 g/mol. The number of rotatable bonds is 1. The molecule has 0 aliphatic heterocycles. The smallest absolute Gasteiger partial charge is 0.295 e. The molecule has 4 heteroatoms. The summed E-state index contributed by atoms with van der Waals surface area (Å²) in [5, 5.41) is 0. The summed E-state index contributed by atoms with van der Waals surface area (Å²) in [6.07, 6.45) is 0. The number of nitrogens with zero attached hydrogens (tertiary/aromatic N) is 2. The molecule has 1 aromatic carbocycles. The van der Waals surface area contributed by atoms with Crippen LogP contribution in [-0.4, -0.2) is 9.13 Å². The van der Waals surface area contributed by atoms with Gasteiger partial charge in [-0.05, 0) is 17.7 Å². The lowest BCUT2D eigenvalue weighted by molar-refractivity contribution is 0.795. The summed E-state index contributed by atoms with van der Waals surface area (Å²) < 4.78 is 3.31. The highest BCUT2D eigenvalue weighted by Gasteiger charge is 2.06. The third kappa shape index (κ3) is 1.18. The van der Waals surface area contributed by atoms with E-state index in [0.29, 0.717) is 5.75 Å². The molecule has 2 aromatic rings. The molecule has 0 amide bonds. The van der Waals surface area contributed by atoms with Crippen LogP contribution in [0.3, 0.4) is 0 Å². The van der Waals surface area contributed by atoms with Crippen LogP contribution in [0.5, 0.6) is 0 Å². The average Bonchev–Trinajstić information content (AvgIpc) is 2.44. The second-order valence-corrected chi connectivity index (χ2v) is 3.70. The molecule has 3 nitrogen and oxygen atoms in total. The predicted molar refractivity (Wildman–Crippen MR) is 60.9 cm³/mol. The molecular weight excluding hydrogens is 196 g/mol. The van der Waals surface area contributed by atoms with Crippen molar-refractivity contribution in [2.24, 2.45) is 14.1 Å². The summed E-state index contributed by atoms with van der Waals surface area (Å²) in [6, 6.07) is 5.96. The molecule has 0 saturated heterocycles. The Morgan fingerprint density at radius 2 is 1.86 bits per heavy atom. The summed E-state index contributed by atoms with van der Waals surface area (Å²) in [5.74, 6) is 0.693. The van der Waals surface area contributed by atoms with E-state index in [1.807, 2.05) is 18.2 Å². The number of hydrogen-bond acceptors (Lipinski definition) is 2. The van der Waals surface area contributed by atoms with Gasteiger partial charge in [-0.25, -0.2) is 4.79 Å². The van der Waals surface area contributed by atoms with Gasteiger partial charge in [-0.15, -0.1) is 0 Å². The summed E-state index contributed by atoms with van der Waals surface area (Å²) in [5.41, 5.74) is 3.06. The molecule has 1 heterocycles. The number of aromatic nitrogens is 2. The molecule has 0 fully saturated rings. The van der Waals surface area contributed by atoms with Crippen LogP contribution in [0, 0.1) is 0 Å². The van der Waals surface area contributed by atoms with Gasteiger partial charge in [-0.2, -0.15) is 12.6 Å². The first-order valence-electron chi connectivity index (χ1n) is 4.40. The Balaban J connectivity index is 2.89. The van der Waals surface area contributed by atoms with Crippen molar-refractivity contribution in [1.82, 2.24) is 9.13 Å². The Hall–Kier alpha value is -1.16. The molecule has 0 aliphatic carbocycles. The Kier molecular flexibility index (Phi) is 2.15. The Morgan fingerprint density at radius 3 is 2.50 bits per heavy atom. The van der Waals surface area contributed by atoms with Crippen LogP contribution < -0.4 is 5.69 Å². The van der Waals surface area contributed by atoms with E-state index in [2.05, 4.69) is 12.6 Å². The highest BCUT2D eigenvalue weighted by atomic mass is 32.1. The van der Waals surface area contributed by atoms with Crippen molar-refractivity contribution in [2.75, 3.05) is 0 Å². The molecular formula is C10H12N2OS. The van der Waals surface area contributed by atoms with Crippen LogP contribution in [0.2, 0.25) is 0 Å². The van der Waals surface area contributed by atoms with Crippen molar-refractivity contribution < 1.29 is 0 Å². The minimum atomic E-state index is 0.0105. The van der Waals surface area contributed by atoms with Gasteiger partial charge in [0, 0.05) is 19.8 Å². The summed E-state index contributed by atoms with van der Waals surface area (Å²) in [6.45, 7) is 0. The normalized spacial score (nSPS) is 11.1. The first kappa shape index (κ1) is 9.40. The topological polar surface area (TPSA) is 26.9 Å². The maximum Gasteiger partial charge on any atom is 0.328 e. The van der Waals surface area contributed by atoms with Crippen LogP contribution in [0.25, 0.3) is 11.0 Å². The highest BCUT2D eigenvalue weighted by molar-refractivity contribution is 7.79. The second kappa shape index (κ2) is 3.20. The fourth-order valence-corrected chi connectivity index (χ4v) is 1.85. The number of fused-ring (bicyclic) bond motifs is 1. The minimum Gasteiger partial charge on any atom is -0.295 e. The fourth-order valence-electron chi connectivity index (χ4n) is 1.65. The van der Waals surface area contributed by atoms with Crippen molar-refractivity contribution in [3.63, 3.8) is 0 Å². The molecule has 0 spiro atoms. The standard InChI is InChI=1S/C10H12N2OS/c1-11-8-4-3-7(6-14)5-9(8)12(2)10(11)13/h3-5,14H,6H2,1-2H3. The molecule has 0 bridgehead atoms. The third-order valence-corrected chi connectivity index (χ3v) is 2.88. The van der Waals surface area contributed by atoms with Crippen molar-refractivity contribution in [1.29, 1.82) is 0 Å². The lowest BCUT2D eigenvalue weighted by atomic mass is 10.2. The third-order valence-electron chi connectivity index (χ3n) is 2.52. The molecule has 0 unspecified atom stereocenters. The molecule has 14 heavy (non-hydrogen) atoms. The maximum atomic E-state index is 11.6. The van der Waals surface area contributed by atoms with Crippen molar-refractivity contribution in [3.05, 3.63) is 34.2 Å². The van der Waals surface area contributed by atoms with E-state index >= 15 is 0 Å². The molecule has 0 saturated carbocycles. The van der Waals surface area contributed by atoms with Gasteiger partial charge >= 0.3 is 5.69 Å². The highest BCUT2D eigenvalue weighted by Crippen LogP contribution is 2.14. The van der Waals surface area contributed by atoms with Crippen LogP contribution in [-0.2, 0) is 19.8 Å². The SMILES string of the molecule is Cn1c(=O)n(C)c2cc(CS)ccc21. The van der Waals surface area contributed by atoms with E-state index in [0.717, 1.165) is 16.6 Å². The van der Waals surface area contributed by atoms with Crippen molar-refractivity contribution in [3.8, 4) is 0 Å². The molecule has 0 atom stereocenters. The molecule has 0 N–H and O–H groups in total. The first-order chi connectivity index (χ1) is 6.65. The first-order valence-corrected chi connectivity index (χ1v) is 5.03. The number of hydrogen-bond donors (Lipinski definition) is 1. The van der Waals surface area contributed by atoms with Gasteiger partial charge in [0.2, 0.25) is 0 Å². The summed E-state index contributed by atoms with van der Waals surface area (Å²) in [4.78, 5) is 11.6. The maximum absolute atomic E-state index is 11.6. The van der Waals surface area contributed by atoms with Gasteiger partial charge in [0.15, 0.2) is 0 Å². The van der Waals surface area contributed by atoms with Crippen LogP contribution in [0.1, 0.15) is 5.56 Å². The molecule has 74 valence electrons. The van der Waals surface area contributed by atoms with Gasteiger partial charge in [-0.3, -0.25) is 9.13 Å². The van der Waals surface area contributed by atoms with Crippen molar-refractivity contribution >= 4 is 23.7 Å². The second-order valence-electron chi connectivity index (χ2n) is 3.38. The van der Waals surface area contributed by atoms with E-state index in [4.69, 9.17) is 0 Å². The average molecular weight is 208 g/mol. The summed E-state index contributed by atoms with van der Waals surface area (Å²) in [7, 11) is 3.57. The van der Waals surface area contributed by atoms with E-state index in [1.54, 1.807) is 23.2 Å². The largest absolute Gasteiger partial charge is 0.328 e. The van der Waals surface area contributed by atoms with Gasteiger partial charge in [0.1, 0.15) is 0 Å². The van der Waals surface area contributed by atoms with E-state index in [-0.39, 0.29) is 5.69 Å². The zero-order valence-corrected chi connectivity index (χ0v) is 9.08. The van der Waals surface area contributed by atoms with Crippen molar-refractivity contribution in [2.45, 2.75) is 5.75 Å². The molecule has 0 aliphatic rings. The Labute approximate surface area is 87.4 Å². The zero-order chi connectivity index (χ0) is 10.3. The molecule has 2 rings (SSSR count). The minimum absolute atomic E-state index is 0.0105. The van der Waals surface area contributed by atoms with E-state index < -0.39 is 0 Å². The molecule has 0 radical (unpaired) electrons.